The van der Waals surface area contributed by atoms with Crippen molar-refractivity contribution in [2.24, 2.45) is 0 Å². The molecule has 1 atom stereocenters. The fourth-order valence-electron chi connectivity index (χ4n) is 4.05. The fraction of sp³-hybridized carbons (Fsp3) is 0.571. The number of likely N-dealkylation sites (tertiary alicyclic amines) is 1. The van der Waals surface area contributed by atoms with E-state index in [1.54, 1.807) is 26.8 Å². The first-order valence-electron chi connectivity index (χ1n) is 10.1. The van der Waals surface area contributed by atoms with Crippen molar-refractivity contribution in [2.75, 3.05) is 19.6 Å². The van der Waals surface area contributed by atoms with E-state index in [-0.39, 0.29) is 43.0 Å². The Balaban J connectivity index is 1.92. The van der Waals surface area contributed by atoms with Crippen LogP contribution in [0.3, 0.4) is 0 Å². The minimum atomic E-state index is -1.03. The predicted molar refractivity (Wildman–Crippen MR) is 111 cm³/mol. The van der Waals surface area contributed by atoms with Gasteiger partial charge >= 0.3 is 6.03 Å². The molecule has 1 N–H and O–H groups in total. The molecular weight excluding hydrogens is 392 g/mol. The van der Waals surface area contributed by atoms with Gasteiger partial charge < -0.3 is 20.0 Å². The van der Waals surface area contributed by atoms with Gasteiger partial charge in [0.2, 0.25) is 5.91 Å². The first-order chi connectivity index (χ1) is 13.6. The molecule has 1 aromatic rings. The third-order valence-corrected chi connectivity index (χ3v) is 5.86. The number of carbonyl (C=O) groups excluding carboxylic acids is 3. The van der Waals surface area contributed by atoms with Gasteiger partial charge in [0.25, 0.3) is 5.91 Å². The highest BCUT2D eigenvalue weighted by molar-refractivity contribution is 6.30. The summed E-state index contributed by atoms with van der Waals surface area (Å²) in [7, 11) is 0. The van der Waals surface area contributed by atoms with Crippen LogP contribution in [-0.2, 0) is 16.1 Å². The molecular formula is C21H29ClN4O3. The summed E-state index contributed by atoms with van der Waals surface area (Å²) in [5.41, 5.74) is -0.133. The van der Waals surface area contributed by atoms with Gasteiger partial charge in [-0.2, -0.15) is 0 Å². The molecule has 0 bridgehead atoms. The topological polar surface area (TPSA) is 73.0 Å². The number of benzene rings is 1. The van der Waals surface area contributed by atoms with Crippen molar-refractivity contribution in [2.45, 2.75) is 58.3 Å². The molecule has 0 radical (unpaired) electrons. The van der Waals surface area contributed by atoms with Crippen molar-refractivity contribution in [1.29, 1.82) is 0 Å². The second kappa shape index (κ2) is 8.22. The highest BCUT2D eigenvalue weighted by atomic mass is 35.5. The van der Waals surface area contributed by atoms with Crippen molar-refractivity contribution in [3.63, 3.8) is 0 Å². The molecule has 0 unspecified atom stereocenters. The molecule has 29 heavy (non-hydrogen) atoms. The summed E-state index contributed by atoms with van der Waals surface area (Å²) < 4.78 is 0. The van der Waals surface area contributed by atoms with E-state index in [2.05, 4.69) is 5.32 Å². The zero-order valence-corrected chi connectivity index (χ0v) is 18.2. The minimum Gasteiger partial charge on any atom is -0.336 e. The van der Waals surface area contributed by atoms with Gasteiger partial charge in [-0.05, 0) is 51.8 Å². The van der Waals surface area contributed by atoms with Gasteiger partial charge in [-0.25, -0.2) is 4.79 Å². The SMILES string of the molecule is CC(C)NC(=O)N1CC[C@@]2(C1)C(=O)N(C(C)C)CC(=O)N2Cc1ccc(Cl)cc1. The third kappa shape index (κ3) is 4.20. The average molecular weight is 421 g/mol. The summed E-state index contributed by atoms with van der Waals surface area (Å²) >= 11 is 5.98. The Labute approximate surface area is 177 Å². The van der Waals surface area contributed by atoms with Crippen molar-refractivity contribution in [3.05, 3.63) is 34.9 Å². The molecule has 4 amide bonds. The van der Waals surface area contributed by atoms with Crippen LogP contribution in [0, 0.1) is 0 Å². The lowest BCUT2D eigenvalue weighted by atomic mass is 9.89. The Morgan fingerprint density at radius 3 is 2.41 bits per heavy atom. The van der Waals surface area contributed by atoms with Crippen molar-refractivity contribution in [3.8, 4) is 0 Å². The molecule has 158 valence electrons. The maximum atomic E-state index is 13.5. The molecule has 2 aliphatic rings. The Morgan fingerprint density at radius 1 is 1.17 bits per heavy atom. The summed E-state index contributed by atoms with van der Waals surface area (Å²) in [5.74, 6) is -0.180. The zero-order chi connectivity index (χ0) is 21.3. The molecule has 0 aliphatic carbocycles. The van der Waals surface area contributed by atoms with Crippen molar-refractivity contribution in [1.82, 2.24) is 20.0 Å². The normalized spacial score (nSPS) is 22.4. The fourth-order valence-corrected chi connectivity index (χ4v) is 4.18. The monoisotopic (exact) mass is 420 g/mol. The first-order valence-corrected chi connectivity index (χ1v) is 10.4. The van der Waals surface area contributed by atoms with E-state index in [1.807, 2.05) is 39.8 Å². The maximum Gasteiger partial charge on any atom is 0.317 e. The Hall–Kier alpha value is -2.28. The number of nitrogens with zero attached hydrogens (tertiary/aromatic N) is 3. The lowest BCUT2D eigenvalue weighted by Crippen LogP contribution is -2.70. The average Bonchev–Trinajstić information content (AvgIpc) is 3.09. The molecule has 2 heterocycles. The smallest absolute Gasteiger partial charge is 0.317 e. The van der Waals surface area contributed by atoms with Crippen LogP contribution >= 0.6 is 11.6 Å². The Bertz CT molecular complexity index is 796. The number of nitrogens with one attached hydrogen (secondary N) is 1. The highest BCUT2D eigenvalue weighted by Crippen LogP contribution is 2.35. The van der Waals surface area contributed by atoms with E-state index in [4.69, 9.17) is 11.6 Å². The number of halogens is 1. The molecule has 8 heteroatoms. The van der Waals surface area contributed by atoms with Crippen LogP contribution in [0.15, 0.2) is 24.3 Å². The lowest BCUT2D eigenvalue weighted by Gasteiger charge is -2.48. The van der Waals surface area contributed by atoms with Crippen LogP contribution in [0.25, 0.3) is 0 Å². The number of urea groups is 1. The number of hydrogen-bond acceptors (Lipinski definition) is 3. The maximum absolute atomic E-state index is 13.5. The van der Waals surface area contributed by atoms with Gasteiger partial charge in [-0.3, -0.25) is 9.59 Å². The van der Waals surface area contributed by atoms with Crippen LogP contribution in [-0.4, -0.2) is 69.8 Å². The van der Waals surface area contributed by atoms with Crippen molar-refractivity contribution < 1.29 is 14.4 Å². The predicted octanol–water partition coefficient (Wildman–Crippen LogP) is 2.48. The van der Waals surface area contributed by atoms with Crippen LogP contribution in [0.4, 0.5) is 4.79 Å². The van der Waals surface area contributed by atoms with E-state index >= 15 is 0 Å². The van der Waals surface area contributed by atoms with Gasteiger partial charge in [-0.15, -0.1) is 0 Å². The summed E-state index contributed by atoms with van der Waals surface area (Å²) in [6.07, 6.45) is 0.430. The van der Waals surface area contributed by atoms with Gasteiger partial charge in [0.1, 0.15) is 12.1 Å². The Kier molecular flexibility index (Phi) is 6.08. The summed E-state index contributed by atoms with van der Waals surface area (Å²) in [4.78, 5) is 44.2. The van der Waals surface area contributed by atoms with Crippen LogP contribution in [0.1, 0.15) is 39.7 Å². The van der Waals surface area contributed by atoms with Gasteiger partial charge in [0.15, 0.2) is 0 Å². The number of piperazine rings is 1. The zero-order valence-electron chi connectivity index (χ0n) is 17.4. The van der Waals surface area contributed by atoms with Crippen LogP contribution in [0.5, 0.6) is 0 Å². The summed E-state index contributed by atoms with van der Waals surface area (Å²) in [6, 6.07) is 6.99. The van der Waals surface area contributed by atoms with E-state index in [9.17, 15) is 14.4 Å². The molecule has 1 aromatic carbocycles. The lowest BCUT2D eigenvalue weighted by molar-refractivity contribution is -0.166. The Morgan fingerprint density at radius 2 is 1.83 bits per heavy atom. The molecule has 1 spiro atoms. The molecule has 3 rings (SSSR count). The minimum absolute atomic E-state index is 0.0000668. The van der Waals surface area contributed by atoms with E-state index in [1.165, 1.54) is 0 Å². The van der Waals surface area contributed by atoms with Crippen LogP contribution < -0.4 is 5.32 Å². The molecule has 2 fully saturated rings. The summed E-state index contributed by atoms with van der Waals surface area (Å²) in [5, 5.41) is 3.50. The molecule has 2 saturated heterocycles. The first kappa shape index (κ1) is 21.4. The van der Waals surface area contributed by atoms with Gasteiger partial charge in [-0.1, -0.05) is 23.7 Å². The van der Waals surface area contributed by atoms with E-state index < -0.39 is 5.54 Å². The van der Waals surface area contributed by atoms with E-state index in [0.29, 0.717) is 24.5 Å². The largest absolute Gasteiger partial charge is 0.336 e. The molecule has 2 aliphatic heterocycles. The standard InChI is InChI=1S/C21H29ClN4O3/c1-14(2)23-20(29)24-10-9-21(13-24)19(28)25(15(3)4)12-18(27)26(21)11-16-5-7-17(22)8-6-16/h5-8,14-15H,9-13H2,1-4H3,(H,23,29)/t21-/m1/s1. The van der Waals surface area contributed by atoms with Crippen molar-refractivity contribution >= 4 is 29.4 Å². The number of hydrogen-bond donors (Lipinski definition) is 1. The summed E-state index contributed by atoms with van der Waals surface area (Å²) in [6.45, 7) is 8.61. The molecule has 7 nitrogen and oxygen atoms in total. The number of amides is 4. The second-order valence-electron chi connectivity index (χ2n) is 8.44. The molecule has 0 aromatic heterocycles. The highest BCUT2D eigenvalue weighted by Gasteiger charge is 2.57. The van der Waals surface area contributed by atoms with E-state index in [0.717, 1.165) is 5.56 Å². The number of carbonyl (C=O) groups is 3. The molecule has 0 saturated carbocycles. The third-order valence-electron chi connectivity index (χ3n) is 5.61. The second-order valence-corrected chi connectivity index (χ2v) is 8.88. The number of rotatable bonds is 4. The van der Waals surface area contributed by atoms with Gasteiger partial charge in [0.05, 0.1) is 6.54 Å². The van der Waals surface area contributed by atoms with Crippen LogP contribution in [0.2, 0.25) is 5.02 Å². The quantitative estimate of drug-likeness (QED) is 0.813. The van der Waals surface area contributed by atoms with Gasteiger partial charge in [0, 0.05) is 30.2 Å².